The van der Waals surface area contributed by atoms with E-state index in [1.54, 1.807) is 24.3 Å². The molecule has 0 saturated carbocycles. The molecule has 0 spiro atoms. The van der Waals surface area contributed by atoms with E-state index in [4.69, 9.17) is 41.2 Å². The van der Waals surface area contributed by atoms with Gasteiger partial charge in [-0.15, -0.1) is 0 Å². The third-order valence-corrected chi connectivity index (χ3v) is 5.10. The molecular formula is C21H24N4O4. The number of hydrogen-bond donors (Lipinski definition) is 4. The Hall–Kier alpha value is -2.94. The highest BCUT2D eigenvalue weighted by Gasteiger charge is 2.49. The van der Waals surface area contributed by atoms with Crippen LogP contribution >= 0.6 is 0 Å². The van der Waals surface area contributed by atoms with Crippen molar-refractivity contribution >= 4 is 11.7 Å². The number of nitrogens with one attached hydrogen (secondary N) is 2. The van der Waals surface area contributed by atoms with E-state index in [9.17, 15) is 0 Å². The van der Waals surface area contributed by atoms with Gasteiger partial charge in [-0.3, -0.25) is 10.8 Å². The molecule has 4 rings (SSSR count). The molecule has 29 heavy (non-hydrogen) atoms. The summed E-state index contributed by atoms with van der Waals surface area (Å²) < 4.78 is 23.9. The molecule has 8 nitrogen and oxygen atoms in total. The molecule has 2 heterocycles. The minimum Gasteiger partial charge on any atom is -0.485 e. The molecule has 152 valence electrons. The van der Waals surface area contributed by atoms with Crippen LogP contribution in [-0.2, 0) is 20.8 Å². The van der Waals surface area contributed by atoms with Crippen LogP contribution < -0.4 is 16.2 Å². The van der Waals surface area contributed by atoms with Crippen molar-refractivity contribution in [1.29, 1.82) is 10.8 Å². The third kappa shape index (κ3) is 4.24. The number of amidine groups is 2. The Morgan fingerprint density at radius 2 is 1.52 bits per heavy atom. The molecule has 0 amide bonds. The number of fused-ring (bicyclic) bond motifs is 1. The zero-order valence-corrected chi connectivity index (χ0v) is 15.8. The van der Waals surface area contributed by atoms with Crippen molar-refractivity contribution in [3.8, 4) is 5.75 Å². The van der Waals surface area contributed by atoms with Gasteiger partial charge in [-0.05, 0) is 23.8 Å². The van der Waals surface area contributed by atoms with Crippen molar-refractivity contribution in [2.75, 3.05) is 13.2 Å². The van der Waals surface area contributed by atoms with Gasteiger partial charge >= 0.3 is 0 Å². The van der Waals surface area contributed by atoms with E-state index in [1.807, 2.05) is 24.3 Å². The van der Waals surface area contributed by atoms with Crippen molar-refractivity contribution < 1.29 is 18.9 Å². The Morgan fingerprint density at radius 1 is 0.897 bits per heavy atom. The zero-order chi connectivity index (χ0) is 20.4. The normalized spacial score (nSPS) is 25.5. The van der Waals surface area contributed by atoms with Gasteiger partial charge in [-0.2, -0.15) is 0 Å². The predicted octanol–water partition coefficient (Wildman–Crippen LogP) is 1.39. The van der Waals surface area contributed by atoms with E-state index < -0.39 is 0 Å². The first-order chi connectivity index (χ1) is 14.0. The maximum Gasteiger partial charge on any atom is 0.151 e. The van der Waals surface area contributed by atoms with Gasteiger partial charge in [0.1, 0.15) is 35.7 Å². The standard InChI is InChI=1S/C21H24N4O4/c22-20(23)13-4-1-3-12(7-13)9-26-16-10-27-19-17(11-28-18(16)19)29-15-6-2-5-14(8-15)21(24)25/h1-8,16-19H,9-11H2,(H3,22,23)(H3,24,25)/t16-,17+,18+,19+/m0/s1. The molecule has 2 aliphatic rings. The number of rotatable bonds is 7. The molecule has 0 aliphatic carbocycles. The van der Waals surface area contributed by atoms with Crippen LogP contribution in [0.5, 0.6) is 5.75 Å². The molecule has 2 aromatic carbocycles. The molecule has 0 radical (unpaired) electrons. The third-order valence-electron chi connectivity index (χ3n) is 5.10. The van der Waals surface area contributed by atoms with Crippen molar-refractivity contribution in [2.24, 2.45) is 11.5 Å². The predicted molar refractivity (Wildman–Crippen MR) is 107 cm³/mol. The van der Waals surface area contributed by atoms with Gasteiger partial charge in [0.2, 0.25) is 0 Å². The number of benzene rings is 2. The summed E-state index contributed by atoms with van der Waals surface area (Å²) in [5.74, 6) is 0.653. The zero-order valence-electron chi connectivity index (χ0n) is 15.8. The maximum atomic E-state index is 7.55. The smallest absolute Gasteiger partial charge is 0.151 e. The Labute approximate surface area is 168 Å². The fraction of sp³-hybridized carbons (Fsp3) is 0.333. The lowest BCUT2D eigenvalue weighted by Crippen LogP contribution is -2.35. The van der Waals surface area contributed by atoms with Crippen molar-refractivity contribution in [3.63, 3.8) is 0 Å². The molecule has 0 aromatic heterocycles. The second-order valence-corrected chi connectivity index (χ2v) is 7.16. The number of hydrogen-bond acceptors (Lipinski definition) is 6. The van der Waals surface area contributed by atoms with E-state index in [-0.39, 0.29) is 36.1 Å². The van der Waals surface area contributed by atoms with Crippen molar-refractivity contribution in [1.82, 2.24) is 0 Å². The minimum absolute atomic E-state index is 0.00424. The van der Waals surface area contributed by atoms with Crippen LogP contribution in [0.25, 0.3) is 0 Å². The average molecular weight is 396 g/mol. The van der Waals surface area contributed by atoms with Crippen LogP contribution in [0.1, 0.15) is 16.7 Å². The Kier molecular flexibility index (Phi) is 5.48. The summed E-state index contributed by atoms with van der Waals surface area (Å²) in [7, 11) is 0. The number of nitrogens with two attached hydrogens (primary N) is 2. The lowest BCUT2D eigenvalue weighted by molar-refractivity contribution is -0.0425. The lowest BCUT2D eigenvalue weighted by Gasteiger charge is -2.18. The van der Waals surface area contributed by atoms with Gasteiger partial charge in [0.25, 0.3) is 0 Å². The highest BCUT2D eigenvalue weighted by molar-refractivity contribution is 5.95. The molecule has 8 heteroatoms. The van der Waals surface area contributed by atoms with Gasteiger partial charge in [-0.25, -0.2) is 0 Å². The lowest BCUT2D eigenvalue weighted by atomic mass is 10.1. The maximum absolute atomic E-state index is 7.55. The van der Waals surface area contributed by atoms with Crippen LogP contribution in [0.15, 0.2) is 48.5 Å². The molecule has 2 saturated heterocycles. The summed E-state index contributed by atoms with van der Waals surface area (Å²) in [5, 5.41) is 15.1. The molecule has 0 bridgehead atoms. The van der Waals surface area contributed by atoms with Crippen LogP contribution in [0.2, 0.25) is 0 Å². The first-order valence-electron chi connectivity index (χ1n) is 9.40. The average Bonchev–Trinajstić information content (AvgIpc) is 3.30. The highest BCUT2D eigenvalue weighted by atomic mass is 16.6. The van der Waals surface area contributed by atoms with Gasteiger partial charge in [0, 0.05) is 11.1 Å². The topological polar surface area (TPSA) is 137 Å². The summed E-state index contributed by atoms with van der Waals surface area (Å²) in [6.45, 7) is 1.21. The summed E-state index contributed by atoms with van der Waals surface area (Å²) in [4.78, 5) is 0. The number of ether oxygens (including phenoxy) is 4. The second-order valence-electron chi connectivity index (χ2n) is 7.16. The summed E-state index contributed by atoms with van der Waals surface area (Å²) in [6, 6.07) is 14.6. The molecule has 2 fully saturated rings. The van der Waals surface area contributed by atoms with Gasteiger partial charge < -0.3 is 30.4 Å². The van der Waals surface area contributed by atoms with E-state index in [0.717, 1.165) is 5.56 Å². The minimum atomic E-state index is -0.253. The van der Waals surface area contributed by atoms with Crippen molar-refractivity contribution in [2.45, 2.75) is 31.0 Å². The van der Waals surface area contributed by atoms with Crippen LogP contribution in [0.4, 0.5) is 0 Å². The summed E-state index contributed by atoms with van der Waals surface area (Å²) >= 11 is 0. The second kappa shape index (κ2) is 8.20. The van der Waals surface area contributed by atoms with Gasteiger partial charge in [-0.1, -0.05) is 30.3 Å². The molecular weight excluding hydrogens is 372 g/mol. The van der Waals surface area contributed by atoms with Crippen molar-refractivity contribution in [3.05, 3.63) is 65.2 Å². The Morgan fingerprint density at radius 3 is 2.24 bits per heavy atom. The molecule has 2 aromatic rings. The molecule has 6 N–H and O–H groups in total. The number of nitrogen functional groups attached to an aromatic ring is 2. The van der Waals surface area contributed by atoms with E-state index in [1.165, 1.54) is 0 Å². The van der Waals surface area contributed by atoms with Crippen LogP contribution in [0, 0.1) is 10.8 Å². The molecule has 4 atom stereocenters. The first-order valence-corrected chi connectivity index (χ1v) is 9.40. The first kappa shape index (κ1) is 19.4. The Bertz CT molecular complexity index is 919. The largest absolute Gasteiger partial charge is 0.485 e. The highest BCUT2D eigenvalue weighted by Crippen LogP contribution is 2.32. The Balaban J connectivity index is 1.35. The van der Waals surface area contributed by atoms with E-state index >= 15 is 0 Å². The van der Waals surface area contributed by atoms with Crippen LogP contribution in [-0.4, -0.2) is 49.3 Å². The summed E-state index contributed by atoms with van der Waals surface area (Å²) in [6.07, 6.45) is -0.869. The van der Waals surface area contributed by atoms with Crippen LogP contribution in [0.3, 0.4) is 0 Å². The molecule has 0 unspecified atom stereocenters. The molecule has 2 aliphatic heterocycles. The SMILES string of the molecule is N=C(N)c1cccc(CO[C@H]2CO[C@H]3[C@@H]2OC[C@H]3Oc2cccc(C(=N)N)c2)c1. The summed E-state index contributed by atoms with van der Waals surface area (Å²) in [5.41, 5.74) is 13.3. The van der Waals surface area contributed by atoms with Gasteiger partial charge in [0.05, 0.1) is 19.8 Å². The quantitative estimate of drug-likeness (QED) is 0.412. The van der Waals surface area contributed by atoms with Gasteiger partial charge in [0.15, 0.2) is 6.10 Å². The fourth-order valence-electron chi connectivity index (χ4n) is 3.62. The fourth-order valence-corrected chi connectivity index (χ4v) is 3.62. The monoisotopic (exact) mass is 396 g/mol. The van der Waals surface area contributed by atoms with E-state index in [2.05, 4.69) is 0 Å². The van der Waals surface area contributed by atoms with E-state index in [0.29, 0.717) is 36.7 Å².